The Morgan fingerprint density at radius 3 is 2.79 bits per heavy atom. The van der Waals surface area contributed by atoms with E-state index in [1.807, 2.05) is 67.6 Å². The average Bonchev–Trinajstić information content (AvgIpc) is 3.32. The summed E-state index contributed by atoms with van der Waals surface area (Å²) < 4.78 is 6.75. The molecule has 1 amide bonds. The molecule has 0 aliphatic rings. The number of carbonyl (C=O) groups is 1. The quantitative estimate of drug-likeness (QED) is 0.392. The molecule has 0 unspecified atom stereocenters. The van der Waals surface area contributed by atoms with Gasteiger partial charge in [-0.2, -0.15) is 0 Å². The molecule has 0 saturated heterocycles. The van der Waals surface area contributed by atoms with Gasteiger partial charge >= 0.3 is 0 Å². The van der Waals surface area contributed by atoms with Crippen LogP contribution in [0.4, 0.5) is 5.69 Å². The first-order chi connectivity index (χ1) is 14.2. The molecule has 29 heavy (non-hydrogen) atoms. The third kappa shape index (κ3) is 3.41. The van der Waals surface area contributed by atoms with E-state index in [4.69, 9.17) is 9.40 Å². The number of thiazole rings is 1. The second-order valence-corrected chi connectivity index (χ2v) is 8.05. The molecule has 4 nitrogen and oxygen atoms in total. The van der Waals surface area contributed by atoms with Crippen molar-refractivity contribution < 1.29 is 9.21 Å². The molecule has 5 aromatic rings. The first-order valence-electron chi connectivity index (χ1n) is 9.39. The molecule has 0 bridgehead atoms. The van der Waals surface area contributed by atoms with E-state index in [1.165, 1.54) is 0 Å². The van der Waals surface area contributed by atoms with Gasteiger partial charge in [-0.3, -0.25) is 4.79 Å². The van der Waals surface area contributed by atoms with Crippen molar-refractivity contribution in [2.75, 3.05) is 5.32 Å². The molecule has 0 aliphatic carbocycles. The number of nitrogens with zero attached hydrogens (tertiary/aromatic N) is 1. The SMILES string of the molecule is Cc1ccc2c(CC(=O)Nc3ccccc3-c3nc4ccccc4s3)coc2c1. The molecule has 5 rings (SSSR count). The third-order valence-electron chi connectivity index (χ3n) is 4.89. The number of benzene rings is 3. The molecule has 0 atom stereocenters. The number of hydrogen-bond donors (Lipinski definition) is 1. The highest BCUT2D eigenvalue weighted by Crippen LogP contribution is 2.34. The van der Waals surface area contributed by atoms with Crippen molar-refractivity contribution >= 4 is 44.1 Å². The van der Waals surface area contributed by atoms with Gasteiger partial charge in [-0.25, -0.2) is 4.98 Å². The monoisotopic (exact) mass is 398 g/mol. The van der Waals surface area contributed by atoms with E-state index in [9.17, 15) is 4.79 Å². The lowest BCUT2D eigenvalue weighted by molar-refractivity contribution is -0.115. The molecule has 3 aromatic carbocycles. The van der Waals surface area contributed by atoms with Crippen LogP contribution in [-0.4, -0.2) is 10.9 Å². The first-order valence-corrected chi connectivity index (χ1v) is 10.2. The van der Waals surface area contributed by atoms with Gasteiger partial charge in [-0.05, 0) is 42.8 Å². The van der Waals surface area contributed by atoms with Crippen molar-refractivity contribution in [3.05, 3.63) is 84.1 Å². The molecule has 5 heteroatoms. The Morgan fingerprint density at radius 2 is 1.90 bits per heavy atom. The standard InChI is InChI=1S/C24H18N2O2S/c1-15-10-11-17-16(14-28-21(17)12-15)13-23(27)25-19-7-3-2-6-18(19)24-26-20-8-4-5-9-22(20)29-24/h2-12,14H,13H2,1H3,(H,25,27). The van der Waals surface area contributed by atoms with Crippen LogP contribution in [0.3, 0.4) is 0 Å². The number of anilines is 1. The van der Waals surface area contributed by atoms with Gasteiger partial charge < -0.3 is 9.73 Å². The maximum absolute atomic E-state index is 12.8. The minimum atomic E-state index is -0.0816. The van der Waals surface area contributed by atoms with Crippen molar-refractivity contribution in [3.63, 3.8) is 0 Å². The Hall–Kier alpha value is -3.44. The van der Waals surface area contributed by atoms with E-state index < -0.39 is 0 Å². The van der Waals surface area contributed by atoms with E-state index in [-0.39, 0.29) is 12.3 Å². The number of nitrogens with one attached hydrogen (secondary N) is 1. The summed E-state index contributed by atoms with van der Waals surface area (Å²) in [7, 11) is 0. The molecule has 2 aromatic heterocycles. The maximum atomic E-state index is 12.8. The van der Waals surface area contributed by atoms with Crippen molar-refractivity contribution in [2.45, 2.75) is 13.3 Å². The molecule has 0 spiro atoms. The summed E-state index contributed by atoms with van der Waals surface area (Å²) in [6, 6.07) is 21.9. The minimum absolute atomic E-state index is 0.0816. The fourth-order valence-electron chi connectivity index (χ4n) is 3.46. The number of rotatable bonds is 4. The average molecular weight is 398 g/mol. The van der Waals surface area contributed by atoms with Crippen molar-refractivity contribution in [1.29, 1.82) is 0 Å². The number of hydrogen-bond acceptors (Lipinski definition) is 4. The lowest BCUT2D eigenvalue weighted by atomic mass is 10.1. The number of para-hydroxylation sites is 2. The summed E-state index contributed by atoms with van der Waals surface area (Å²) in [5, 5.41) is 4.93. The van der Waals surface area contributed by atoms with Crippen molar-refractivity contribution in [1.82, 2.24) is 4.98 Å². The van der Waals surface area contributed by atoms with Gasteiger partial charge in [0.05, 0.1) is 28.6 Å². The Morgan fingerprint density at radius 1 is 1.07 bits per heavy atom. The van der Waals surface area contributed by atoms with Crippen LogP contribution in [0.25, 0.3) is 31.8 Å². The van der Waals surface area contributed by atoms with Crippen molar-refractivity contribution in [2.24, 2.45) is 0 Å². The maximum Gasteiger partial charge on any atom is 0.228 e. The highest BCUT2D eigenvalue weighted by atomic mass is 32.1. The molecule has 142 valence electrons. The molecular formula is C24H18N2O2S. The zero-order chi connectivity index (χ0) is 19.8. The highest BCUT2D eigenvalue weighted by molar-refractivity contribution is 7.21. The lowest BCUT2D eigenvalue weighted by Crippen LogP contribution is -2.14. The van der Waals surface area contributed by atoms with Crippen LogP contribution in [0.15, 0.2) is 77.4 Å². The van der Waals surface area contributed by atoms with E-state index in [0.29, 0.717) is 0 Å². The van der Waals surface area contributed by atoms with Gasteiger partial charge in [0.15, 0.2) is 0 Å². The van der Waals surface area contributed by atoms with Crippen LogP contribution in [0.5, 0.6) is 0 Å². The zero-order valence-electron chi connectivity index (χ0n) is 15.8. The van der Waals surface area contributed by atoms with E-state index in [1.54, 1.807) is 17.6 Å². The second-order valence-electron chi connectivity index (χ2n) is 7.02. The first kappa shape index (κ1) is 17.6. The normalized spacial score (nSPS) is 11.2. The predicted molar refractivity (Wildman–Crippen MR) is 118 cm³/mol. The van der Waals surface area contributed by atoms with Crippen LogP contribution in [-0.2, 0) is 11.2 Å². The van der Waals surface area contributed by atoms with Gasteiger partial charge in [-0.15, -0.1) is 11.3 Å². The lowest BCUT2D eigenvalue weighted by Gasteiger charge is -2.09. The topological polar surface area (TPSA) is 55.1 Å². The Bertz CT molecular complexity index is 1320. The van der Waals surface area contributed by atoms with Gasteiger partial charge in [0.2, 0.25) is 5.91 Å². The zero-order valence-corrected chi connectivity index (χ0v) is 16.6. The Balaban J connectivity index is 1.42. The summed E-state index contributed by atoms with van der Waals surface area (Å²) in [5.74, 6) is -0.0816. The Kier molecular flexibility index (Phi) is 4.37. The summed E-state index contributed by atoms with van der Waals surface area (Å²) in [6.45, 7) is 2.02. The number of carbonyl (C=O) groups excluding carboxylic acids is 1. The molecule has 1 N–H and O–H groups in total. The van der Waals surface area contributed by atoms with Gasteiger partial charge in [-0.1, -0.05) is 36.4 Å². The summed E-state index contributed by atoms with van der Waals surface area (Å²) >= 11 is 1.62. The molecule has 0 radical (unpaired) electrons. The molecule has 0 fully saturated rings. The van der Waals surface area contributed by atoms with Gasteiger partial charge in [0.1, 0.15) is 10.6 Å². The van der Waals surface area contributed by atoms with Crippen LogP contribution in [0, 0.1) is 6.92 Å². The van der Waals surface area contributed by atoms with Crippen molar-refractivity contribution in [3.8, 4) is 10.6 Å². The third-order valence-corrected chi connectivity index (χ3v) is 5.96. The largest absolute Gasteiger partial charge is 0.464 e. The summed E-state index contributed by atoms with van der Waals surface area (Å²) in [4.78, 5) is 17.5. The number of aromatic nitrogens is 1. The highest BCUT2D eigenvalue weighted by Gasteiger charge is 2.14. The van der Waals surface area contributed by atoms with E-state index in [0.717, 1.165) is 48.6 Å². The van der Waals surface area contributed by atoms with Crippen LogP contribution in [0.2, 0.25) is 0 Å². The number of aryl methyl sites for hydroxylation is 1. The molecular weight excluding hydrogens is 380 g/mol. The Labute approximate surface area is 171 Å². The van der Waals surface area contributed by atoms with Crippen LogP contribution >= 0.6 is 11.3 Å². The predicted octanol–water partition coefficient (Wildman–Crippen LogP) is 6.20. The van der Waals surface area contributed by atoms with Gasteiger partial charge in [0.25, 0.3) is 0 Å². The number of amides is 1. The fraction of sp³-hybridized carbons (Fsp3) is 0.0833. The minimum Gasteiger partial charge on any atom is -0.464 e. The number of fused-ring (bicyclic) bond motifs is 2. The van der Waals surface area contributed by atoms with E-state index >= 15 is 0 Å². The molecule has 0 aliphatic heterocycles. The summed E-state index contributed by atoms with van der Waals surface area (Å²) in [6.07, 6.45) is 1.92. The summed E-state index contributed by atoms with van der Waals surface area (Å²) in [5.41, 5.74) is 5.48. The van der Waals surface area contributed by atoms with Crippen LogP contribution < -0.4 is 5.32 Å². The van der Waals surface area contributed by atoms with Crippen LogP contribution in [0.1, 0.15) is 11.1 Å². The smallest absolute Gasteiger partial charge is 0.228 e. The number of furan rings is 1. The second kappa shape index (κ2) is 7.18. The van der Waals surface area contributed by atoms with E-state index in [2.05, 4.69) is 11.4 Å². The molecule has 0 saturated carbocycles. The van der Waals surface area contributed by atoms with Gasteiger partial charge in [0, 0.05) is 16.5 Å². The fourth-order valence-corrected chi connectivity index (χ4v) is 4.47. The molecule has 2 heterocycles.